The van der Waals surface area contributed by atoms with Crippen molar-refractivity contribution in [1.29, 1.82) is 0 Å². The lowest BCUT2D eigenvalue weighted by molar-refractivity contribution is -0.385. The molecular formula is C39H50N4O6. The number of nitro benzene ring substituents is 1. The van der Waals surface area contributed by atoms with Crippen molar-refractivity contribution in [2.45, 2.75) is 88.8 Å². The van der Waals surface area contributed by atoms with Crippen LogP contribution >= 0.6 is 0 Å². The van der Waals surface area contributed by atoms with Crippen LogP contribution < -0.4 is 11.1 Å². The molecule has 3 aromatic carbocycles. The molecule has 262 valence electrons. The molecule has 2 saturated heterocycles. The quantitative estimate of drug-likeness (QED) is 0.0849. The Morgan fingerprint density at radius 3 is 2.00 bits per heavy atom. The zero-order valence-electron chi connectivity index (χ0n) is 28.6. The minimum absolute atomic E-state index is 0.143. The van der Waals surface area contributed by atoms with E-state index >= 15 is 0 Å². The van der Waals surface area contributed by atoms with Crippen LogP contribution in [-0.2, 0) is 15.0 Å². The molecule has 49 heavy (non-hydrogen) atoms. The number of piperidine rings is 2. The summed E-state index contributed by atoms with van der Waals surface area (Å²) in [6.07, 6.45) is 4.06. The molecule has 0 saturated carbocycles. The normalized spacial score (nSPS) is 27.0. The maximum atomic E-state index is 13.8. The number of benzene rings is 3. The molecule has 2 aliphatic rings. The molecule has 3 aromatic rings. The first-order chi connectivity index (χ1) is 23.5. The minimum Gasteiger partial charge on any atom is -0.481 e. The second-order valence-electron chi connectivity index (χ2n) is 14.1. The van der Waals surface area contributed by atoms with Crippen molar-refractivity contribution in [3.63, 3.8) is 0 Å². The van der Waals surface area contributed by atoms with Gasteiger partial charge in [-0.2, -0.15) is 0 Å². The third-order valence-corrected chi connectivity index (χ3v) is 11.6. The number of nitro groups is 1. The molecule has 2 aliphatic heterocycles. The predicted octanol–water partition coefficient (Wildman–Crippen LogP) is 6.54. The van der Waals surface area contributed by atoms with Gasteiger partial charge in [-0.1, -0.05) is 105 Å². The molecule has 2 heterocycles. The number of carboxylic acid groups (broad SMARTS) is 2. The molecule has 10 nitrogen and oxygen atoms in total. The second-order valence-corrected chi connectivity index (χ2v) is 14.1. The van der Waals surface area contributed by atoms with Gasteiger partial charge in [0, 0.05) is 29.5 Å². The SMILES string of the molecule is CCCCCCC1(C(=O)O)C(N)NC(C)C(CCN2CCC(c3ccccc3)(c3ccccc3)CC2)(C(=O)O)[C@H]1c1cccc([N+](=O)[O-])c1. The molecule has 0 spiro atoms. The van der Waals surface area contributed by atoms with Crippen molar-refractivity contribution in [3.8, 4) is 0 Å². The molecule has 0 aromatic heterocycles. The zero-order valence-corrected chi connectivity index (χ0v) is 28.6. The average Bonchev–Trinajstić information content (AvgIpc) is 3.11. The fraction of sp³-hybridized carbons (Fsp3) is 0.487. The summed E-state index contributed by atoms with van der Waals surface area (Å²) in [5.41, 5.74) is 5.81. The third kappa shape index (κ3) is 6.74. The van der Waals surface area contributed by atoms with Gasteiger partial charge < -0.3 is 20.8 Å². The van der Waals surface area contributed by atoms with E-state index in [4.69, 9.17) is 5.73 Å². The summed E-state index contributed by atoms with van der Waals surface area (Å²) < 4.78 is 0. The molecule has 5 N–H and O–H groups in total. The fourth-order valence-electron chi connectivity index (χ4n) is 8.91. The largest absolute Gasteiger partial charge is 0.481 e. The van der Waals surface area contributed by atoms with Gasteiger partial charge in [-0.15, -0.1) is 0 Å². The highest BCUT2D eigenvalue weighted by Gasteiger charge is 2.67. The Labute approximate surface area is 288 Å². The van der Waals surface area contributed by atoms with Crippen LogP contribution in [0, 0.1) is 20.9 Å². The summed E-state index contributed by atoms with van der Waals surface area (Å²) in [7, 11) is 0. The average molecular weight is 671 g/mol. The van der Waals surface area contributed by atoms with Gasteiger partial charge in [-0.25, -0.2) is 0 Å². The Balaban J connectivity index is 1.52. The number of likely N-dealkylation sites (tertiary alicyclic amines) is 1. The monoisotopic (exact) mass is 670 g/mol. The number of carbonyl (C=O) groups is 2. The predicted molar refractivity (Wildman–Crippen MR) is 189 cm³/mol. The standard InChI is InChI=1S/C39H50N4O6/c1-3-4-5-12-20-39(36(46)47)33(29-14-13-19-32(27-29)43(48)49)38(35(44)45,28(2)41-34(39)40)23-26-42-24-21-37(22-25-42,30-15-8-6-9-16-30)31-17-10-7-11-18-31/h6-11,13-19,27-28,33-34,41H,3-5,12,20-26,40H2,1-2H3,(H,44,45)(H,46,47)/t28?,33-,34?,38?,39?/m1/s1. The van der Waals surface area contributed by atoms with Crippen LogP contribution in [0.5, 0.6) is 0 Å². The van der Waals surface area contributed by atoms with Gasteiger partial charge in [0.2, 0.25) is 0 Å². The van der Waals surface area contributed by atoms with Crippen LogP contribution in [0.15, 0.2) is 84.9 Å². The van der Waals surface area contributed by atoms with Crippen LogP contribution in [0.2, 0.25) is 0 Å². The molecule has 5 rings (SSSR count). The summed E-state index contributed by atoms with van der Waals surface area (Å²) in [4.78, 5) is 41.0. The molecule has 4 unspecified atom stereocenters. The Morgan fingerprint density at radius 2 is 1.47 bits per heavy atom. The van der Waals surface area contributed by atoms with Crippen LogP contribution in [0.1, 0.15) is 87.8 Å². The molecular weight excluding hydrogens is 620 g/mol. The maximum Gasteiger partial charge on any atom is 0.313 e. The van der Waals surface area contributed by atoms with Crippen LogP contribution in [0.25, 0.3) is 0 Å². The highest BCUT2D eigenvalue weighted by molar-refractivity contribution is 5.84. The van der Waals surface area contributed by atoms with E-state index in [0.29, 0.717) is 18.5 Å². The molecule has 10 heteroatoms. The van der Waals surface area contributed by atoms with E-state index in [1.165, 1.54) is 29.3 Å². The van der Waals surface area contributed by atoms with Crippen molar-refractivity contribution in [3.05, 3.63) is 112 Å². The lowest BCUT2D eigenvalue weighted by Crippen LogP contribution is -2.73. The van der Waals surface area contributed by atoms with Crippen LogP contribution in [0.4, 0.5) is 5.69 Å². The highest BCUT2D eigenvalue weighted by atomic mass is 16.6. The second kappa shape index (κ2) is 15.2. The molecule has 0 amide bonds. The number of unbranched alkanes of at least 4 members (excludes halogenated alkanes) is 3. The Bertz CT molecular complexity index is 1550. The van der Waals surface area contributed by atoms with E-state index < -0.39 is 45.8 Å². The summed E-state index contributed by atoms with van der Waals surface area (Å²) in [6, 6.07) is 26.1. The number of nitrogens with one attached hydrogen (secondary N) is 1. The van der Waals surface area contributed by atoms with Crippen molar-refractivity contribution in [2.75, 3.05) is 19.6 Å². The van der Waals surface area contributed by atoms with E-state index in [1.807, 2.05) is 12.1 Å². The molecule has 0 bridgehead atoms. The number of non-ortho nitro benzene ring substituents is 1. The van der Waals surface area contributed by atoms with E-state index in [1.54, 1.807) is 13.0 Å². The Kier molecular flexibility index (Phi) is 11.2. The first-order valence-electron chi connectivity index (χ1n) is 17.6. The molecule has 2 fully saturated rings. The molecule has 0 radical (unpaired) electrons. The minimum atomic E-state index is -1.72. The lowest BCUT2D eigenvalue weighted by Gasteiger charge is -2.57. The van der Waals surface area contributed by atoms with Crippen molar-refractivity contribution in [2.24, 2.45) is 16.6 Å². The Hall–Kier alpha value is -4.12. The summed E-state index contributed by atoms with van der Waals surface area (Å²) in [6.45, 7) is 5.69. The van der Waals surface area contributed by atoms with Crippen molar-refractivity contribution < 1.29 is 24.7 Å². The number of aliphatic carboxylic acids is 2. The van der Waals surface area contributed by atoms with Gasteiger partial charge >= 0.3 is 11.9 Å². The first-order valence-corrected chi connectivity index (χ1v) is 17.6. The number of carboxylic acids is 2. The van der Waals surface area contributed by atoms with Crippen LogP contribution in [-0.4, -0.2) is 63.8 Å². The number of nitrogens with zero attached hydrogens (tertiary/aromatic N) is 2. The van der Waals surface area contributed by atoms with Gasteiger partial charge in [-0.3, -0.25) is 25.0 Å². The molecule has 5 atom stereocenters. The van der Waals surface area contributed by atoms with Gasteiger partial charge in [-0.05, 0) is 68.9 Å². The topological polar surface area (TPSA) is 159 Å². The lowest BCUT2D eigenvalue weighted by atomic mass is 9.50. The maximum absolute atomic E-state index is 13.8. The fourth-order valence-corrected chi connectivity index (χ4v) is 8.91. The van der Waals surface area contributed by atoms with Crippen molar-refractivity contribution >= 4 is 17.6 Å². The van der Waals surface area contributed by atoms with E-state index in [2.05, 4.69) is 65.7 Å². The zero-order chi connectivity index (χ0) is 35.2. The summed E-state index contributed by atoms with van der Waals surface area (Å²) >= 11 is 0. The van der Waals surface area contributed by atoms with E-state index in [9.17, 15) is 29.9 Å². The van der Waals surface area contributed by atoms with Gasteiger partial charge in [0.1, 0.15) is 5.41 Å². The van der Waals surface area contributed by atoms with Crippen LogP contribution in [0.3, 0.4) is 0 Å². The third-order valence-electron chi connectivity index (χ3n) is 11.6. The van der Waals surface area contributed by atoms with E-state index in [0.717, 1.165) is 45.2 Å². The Morgan fingerprint density at radius 1 is 0.878 bits per heavy atom. The van der Waals surface area contributed by atoms with Crippen molar-refractivity contribution in [1.82, 2.24) is 10.2 Å². The number of nitrogens with two attached hydrogens (primary N) is 1. The molecule has 0 aliphatic carbocycles. The van der Waals surface area contributed by atoms with Gasteiger partial charge in [0.25, 0.3) is 5.69 Å². The number of hydrogen-bond donors (Lipinski definition) is 4. The smallest absolute Gasteiger partial charge is 0.313 e. The van der Waals surface area contributed by atoms with Gasteiger partial charge in [0.15, 0.2) is 0 Å². The highest BCUT2D eigenvalue weighted by Crippen LogP contribution is 2.58. The summed E-state index contributed by atoms with van der Waals surface area (Å²) in [5, 5.41) is 37.5. The van der Waals surface area contributed by atoms with Gasteiger partial charge in [0.05, 0.1) is 16.5 Å². The first kappa shape index (κ1) is 36.2. The number of hydrogen-bond acceptors (Lipinski definition) is 7. The number of rotatable bonds is 14. The summed E-state index contributed by atoms with van der Waals surface area (Å²) in [5.74, 6) is -3.44. The van der Waals surface area contributed by atoms with E-state index in [-0.39, 0.29) is 23.9 Å².